The van der Waals surface area contributed by atoms with Crippen molar-refractivity contribution < 1.29 is 14.1 Å². The predicted octanol–water partition coefficient (Wildman–Crippen LogP) is 2.91. The Hall–Kier alpha value is -3.72. The minimum Gasteiger partial charge on any atom is -0.383 e. The van der Waals surface area contributed by atoms with Crippen LogP contribution in [0.15, 0.2) is 64.2 Å². The van der Waals surface area contributed by atoms with E-state index in [0.717, 1.165) is 18.4 Å². The molecule has 0 saturated carbocycles. The van der Waals surface area contributed by atoms with Gasteiger partial charge in [-0.05, 0) is 25.3 Å². The second kappa shape index (κ2) is 13.2. The lowest BCUT2D eigenvalue weighted by Crippen LogP contribution is -2.24. The number of halogens is 1. The summed E-state index contributed by atoms with van der Waals surface area (Å²) in [5.41, 5.74) is 13.1. The molecule has 1 aliphatic carbocycles. The summed E-state index contributed by atoms with van der Waals surface area (Å²) in [6, 6.07) is 6.83. The molecule has 0 saturated heterocycles. The monoisotopic (exact) mass is 496 g/mol. The molecule has 184 valence electrons. The van der Waals surface area contributed by atoms with Crippen LogP contribution in [0.3, 0.4) is 0 Å². The molecule has 0 fully saturated rings. The smallest absolute Gasteiger partial charge is 0.249 e. The summed E-state index contributed by atoms with van der Waals surface area (Å²) in [5, 5.41) is 6.74. The fraction of sp³-hybridized carbons (Fsp3) is 0.320. The lowest BCUT2D eigenvalue weighted by Gasteiger charge is -2.06. The summed E-state index contributed by atoms with van der Waals surface area (Å²) in [4.78, 5) is 32.3. The molecule has 2 amide bonds. The highest BCUT2D eigenvalue weighted by molar-refractivity contribution is 6.23. The number of carbonyl (C=O) groups is 2. The van der Waals surface area contributed by atoms with Gasteiger partial charge in [0.2, 0.25) is 23.5 Å². The summed E-state index contributed by atoms with van der Waals surface area (Å²) in [7, 11) is 0. The number of benzene rings is 1. The second-order valence-electron chi connectivity index (χ2n) is 7.91. The number of primary amides is 1. The standard InChI is InChI=1S/C25H29ClN6O3/c26-18-8-5-7-17(13-14-18)25-31-22(35-32-25)12-6-11-21(33)29-15-3-4-16-30-23(27)19-9-1-2-10-20(19)24(28)34/h1-2,5,7-10,13-14,18H,3-4,6,11-12,15-16H2,(H2,27,30)(H2,28,34)(H,29,33). The molecule has 1 atom stereocenters. The molecule has 35 heavy (non-hydrogen) atoms. The van der Waals surface area contributed by atoms with Gasteiger partial charge in [0.15, 0.2) is 0 Å². The fourth-order valence-electron chi connectivity index (χ4n) is 3.36. The average molecular weight is 497 g/mol. The molecule has 1 unspecified atom stereocenters. The van der Waals surface area contributed by atoms with Gasteiger partial charge in [0, 0.05) is 42.6 Å². The van der Waals surface area contributed by atoms with Gasteiger partial charge in [-0.15, -0.1) is 11.6 Å². The summed E-state index contributed by atoms with van der Waals surface area (Å²) < 4.78 is 5.29. The first-order valence-electron chi connectivity index (χ1n) is 11.4. The van der Waals surface area contributed by atoms with Crippen molar-refractivity contribution in [2.24, 2.45) is 16.5 Å². The molecule has 2 aromatic rings. The SMILES string of the molecule is NC(=O)c1ccccc1C(N)=NCCCCNC(=O)CCCc1nc(C2=CC=CC(Cl)C=C2)no1. The average Bonchev–Trinajstić information content (AvgIpc) is 3.21. The van der Waals surface area contributed by atoms with Crippen LogP contribution in [0.1, 0.15) is 53.3 Å². The van der Waals surface area contributed by atoms with Crippen LogP contribution in [0.5, 0.6) is 0 Å². The number of aromatic nitrogens is 2. The lowest BCUT2D eigenvalue weighted by molar-refractivity contribution is -0.121. The van der Waals surface area contributed by atoms with Gasteiger partial charge in [0.1, 0.15) is 5.84 Å². The molecule has 1 heterocycles. The van der Waals surface area contributed by atoms with Crippen LogP contribution in [0.2, 0.25) is 0 Å². The first-order chi connectivity index (χ1) is 16.9. The van der Waals surface area contributed by atoms with Crippen LogP contribution < -0.4 is 16.8 Å². The molecular weight excluding hydrogens is 468 g/mol. The molecule has 0 radical (unpaired) electrons. The topological polar surface area (TPSA) is 149 Å². The summed E-state index contributed by atoms with van der Waals surface area (Å²) in [6.07, 6.45) is 12.3. The number of amides is 2. The molecule has 10 heteroatoms. The van der Waals surface area contributed by atoms with E-state index < -0.39 is 5.91 Å². The van der Waals surface area contributed by atoms with E-state index in [-0.39, 0.29) is 17.1 Å². The number of aliphatic imine (C=N–C) groups is 1. The highest BCUT2D eigenvalue weighted by atomic mass is 35.5. The number of alkyl halides is 1. The van der Waals surface area contributed by atoms with Gasteiger partial charge in [0.05, 0.1) is 5.38 Å². The fourth-order valence-corrected chi connectivity index (χ4v) is 3.52. The number of allylic oxidation sites excluding steroid dienone is 6. The van der Waals surface area contributed by atoms with Crippen LogP contribution in [0, 0.1) is 0 Å². The van der Waals surface area contributed by atoms with Crippen molar-refractivity contribution in [2.45, 2.75) is 37.5 Å². The van der Waals surface area contributed by atoms with E-state index in [4.69, 9.17) is 27.6 Å². The zero-order chi connectivity index (χ0) is 25.0. The number of amidine groups is 1. The first kappa shape index (κ1) is 25.9. The number of hydrogen-bond acceptors (Lipinski definition) is 6. The van der Waals surface area contributed by atoms with Gasteiger partial charge in [-0.1, -0.05) is 53.7 Å². The van der Waals surface area contributed by atoms with Crippen molar-refractivity contribution in [3.05, 3.63) is 77.5 Å². The van der Waals surface area contributed by atoms with Gasteiger partial charge in [-0.3, -0.25) is 14.6 Å². The molecule has 0 bridgehead atoms. The number of nitrogens with one attached hydrogen (secondary N) is 1. The zero-order valence-electron chi connectivity index (χ0n) is 19.3. The van der Waals surface area contributed by atoms with Crippen LogP contribution in [0.4, 0.5) is 0 Å². The maximum atomic E-state index is 12.1. The van der Waals surface area contributed by atoms with Gasteiger partial charge in [-0.25, -0.2) is 0 Å². The molecule has 5 N–H and O–H groups in total. The van der Waals surface area contributed by atoms with Crippen molar-refractivity contribution in [3.63, 3.8) is 0 Å². The van der Waals surface area contributed by atoms with E-state index in [1.165, 1.54) is 0 Å². The van der Waals surface area contributed by atoms with Crippen molar-refractivity contribution >= 4 is 34.8 Å². The summed E-state index contributed by atoms with van der Waals surface area (Å²) in [6.45, 7) is 1.04. The van der Waals surface area contributed by atoms with Crippen LogP contribution >= 0.6 is 11.6 Å². The minimum atomic E-state index is -0.544. The minimum absolute atomic E-state index is 0.0316. The molecule has 1 aliphatic rings. The number of aryl methyl sites for hydroxylation is 1. The second-order valence-corrected chi connectivity index (χ2v) is 8.41. The zero-order valence-corrected chi connectivity index (χ0v) is 20.1. The van der Waals surface area contributed by atoms with Crippen molar-refractivity contribution in [3.8, 4) is 0 Å². The summed E-state index contributed by atoms with van der Waals surface area (Å²) >= 11 is 6.05. The number of nitrogens with zero attached hydrogens (tertiary/aromatic N) is 3. The van der Waals surface area contributed by atoms with Crippen molar-refractivity contribution in [1.29, 1.82) is 0 Å². The maximum Gasteiger partial charge on any atom is 0.249 e. The largest absolute Gasteiger partial charge is 0.383 e. The number of nitrogens with two attached hydrogens (primary N) is 2. The van der Waals surface area contributed by atoms with Crippen molar-refractivity contribution in [2.75, 3.05) is 13.1 Å². The van der Waals surface area contributed by atoms with E-state index in [1.807, 2.05) is 30.4 Å². The van der Waals surface area contributed by atoms with Crippen LogP contribution in [-0.4, -0.2) is 46.3 Å². The third-order valence-electron chi connectivity index (χ3n) is 5.21. The van der Waals surface area contributed by atoms with Gasteiger partial charge >= 0.3 is 0 Å². The van der Waals surface area contributed by atoms with Crippen molar-refractivity contribution in [1.82, 2.24) is 15.5 Å². The Labute approximate surface area is 209 Å². The molecule has 3 rings (SSSR count). The number of rotatable bonds is 12. The van der Waals surface area contributed by atoms with Gasteiger partial charge in [-0.2, -0.15) is 4.98 Å². The summed E-state index contributed by atoms with van der Waals surface area (Å²) in [5.74, 6) is 0.690. The normalized spacial score (nSPS) is 15.5. The molecule has 0 aliphatic heterocycles. The molecule has 1 aromatic heterocycles. The molecule has 9 nitrogen and oxygen atoms in total. The van der Waals surface area contributed by atoms with Gasteiger partial charge in [0.25, 0.3) is 0 Å². The Morgan fingerprint density at radius 1 is 1.11 bits per heavy atom. The third-order valence-corrected chi connectivity index (χ3v) is 5.50. The van der Waals surface area contributed by atoms with E-state index in [2.05, 4.69) is 20.4 Å². The number of carbonyl (C=O) groups excluding carboxylic acids is 2. The predicted molar refractivity (Wildman–Crippen MR) is 136 cm³/mol. The highest BCUT2D eigenvalue weighted by Crippen LogP contribution is 2.18. The van der Waals surface area contributed by atoms with E-state index in [0.29, 0.717) is 55.2 Å². The Balaban J connectivity index is 1.31. The lowest BCUT2D eigenvalue weighted by atomic mass is 10.1. The van der Waals surface area contributed by atoms with Gasteiger partial charge < -0.3 is 21.3 Å². The maximum absolute atomic E-state index is 12.1. The number of unbranched alkanes of at least 4 members (excludes halogenated alkanes) is 1. The molecule has 0 spiro atoms. The van der Waals surface area contributed by atoms with E-state index in [1.54, 1.807) is 24.3 Å². The Bertz CT molecular complexity index is 1150. The Morgan fingerprint density at radius 2 is 1.91 bits per heavy atom. The Kier molecular flexibility index (Phi) is 9.80. The van der Waals surface area contributed by atoms with Crippen LogP contribution in [0.25, 0.3) is 5.57 Å². The third kappa shape index (κ3) is 8.22. The van der Waals surface area contributed by atoms with Crippen LogP contribution in [-0.2, 0) is 11.2 Å². The quantitative estimate of drug-likeness (QED) is 0.178. The first-order valence-corrected chi connectivity index (χ1v) is 11.9. The Morgan fingerprint density at radius 3 is 2.71 bits per heavy atom. The van der Waals surface area contributed by atoms with E-state index >= 15 is 0 Å². The highest BCUT2D eigenvalue weighted by Gasteiger charge is 2.12. The molecular formula is C25H29ClN6O3. The molecule has 1 aromatic carbocycles. The number of hydrogen-bond donors (Lipinski definition) is 3. The van der Waals surface area contributed by atoms with E-state index in [9.17, 15) is 9.59 Å².